The first-order chi connectivity index (χ1) is 11.0. The van der Waals surface area contributed by atoms with E-state index in [2.05, 4.69) is 26.1 Å². The van der Waals surface area contributed by atoms with Gasteiger partial charge in [0.2, 0.25) is 0 Å². The van der Waals surface area contributed by atoms with E-state index in [9.17, 15) is 0 Å². The van der Waals surface area contributed by atoms with Gasteiger partial charge in [-0.25, -0.2) is 0 Å². The predicted molar refractivity (Wildman–Crippen MR) is 98.5 cm³/mol. The molecular weight excluding hydrogens is 278 g/mol. The average Bonchev–Trinajstić information content (AvgIpc) is 2.91. The summed E-state index contributed by atoms with van der Waals surface area (Å²) in [5.74, 6) is 3.93. The van der Waals surface area contributed by atoms with E-state index in [1.807, 2.05) is 0 Å². The second-order valence-electron chi connectivity index (χ2n) is 10.2. The summed E-state index contributed by atoms with van der Waals surface area (Å²) in [4.78, 5) is 0. The lowest BCUT2D eigenvalue weighted by Gasteiger charge is -2.59. The third-order valence-electron chi connectivity index (χ3n) is 9.16. The standard InChI is InChI=1S/C22H39N/c1-16-6-13-22(14-7-16)18(3)20(23-22)15-19-8-11-21(12-9-19)10-4-5-17(21)2/h16-20,23H,4-15H2,1-3H3/t16?,17-,18-,19?,20?,21?,22?/m0/s1. The molecule has 4 rings (SSSR count). The van der Waals surface area contributed by atoms with Gasteiger partial charge in [0.05, 0.1) is 0 Å². The minimum Gasteiger partial charge on any atom is -0.308 e. The number of rotatable bonds is 2. The van der Waals surface area contributed by atoms with Crippen LogP contribution >= 0.6 is 0 Å². The monoisotopic (exact) mass is 317 g/mol. The Morgan fingerprint density at radius 3 is 2.09 bits per heavy atom. The maximum atomic E-state index is 4.08. The SMILES string of the molecule is CC1CCC2(CC1)NC(CC1CCC3(CCC[C@@H]3C)CC1)[C@@H]2C. The molecule has 3 saturated carbocycles. The summed E-state index contributed by atoms with van der Waals surface area (Å²) in [6, 6.07) is 0.837. The number of nitrogens with one attached hydrogen (secondary N) is 1. The smallest absolute Gasteiger partial charge is 0.0224 e. The summed E-state index contributed by atoms with van der Waals surface area (Å²) >= 11 is 0. The molecule has 0 radical (unpaired) electrons. The highest BCUT2D eigenvalue weighted by Crippen LogP contribution is 2.55. The predicted octanol–water partition coefficient (Wildman–Crippen LogP) is 5.93. The summed E-state index contributed by atoms with van der Waals surface area (Å²) < 4.78 is 0. The summed E-state index contributed by atoms with van der Waals surface area (Å²) in [7, 11) is 0. The molecule has 0 aromatic carbocycles. The Morgan fingerprint density at radius 1 is 0.826 bits per heavy atom. The molecule has 4 fully saturated rings. The topological polar surface area (TPSA) is 12.0 Å². The Balaban J connectivity index is 1.27. The molecule has 132 valence electrons. The third-order valence-corrected chi connectivity index (χ3v) is 9.16. The van der Waals surface area contributed by atoms with E-state index in [1.54, 1.807) is 19.3 Å². The van der Waals surface area contributed by atoms with Crippen molar-refractivity contribution in [1.29, 1.82) is 0 Å². The van der Waals surface area contributed by atoms with Crippen LogP contribution in [0.25, 0.3) is 0 Å². The molecule has 1 aliphatic heterocycles. The van der Waals surface area contributed by atoms with Crippen LogP contribution in [0.2, 0.25) is 0 Å². The van der Waals surface area contributed by atoms with Gasteiger partial charge in [-0.2, -0.15) is 0 Å². The number of hydrogen-bond donors (Lipinski definition) is 1. The molecule has 0 bridgehead atoms. The summed E-state index contributed by atoms with van der Waals surface area (Å²) in [5, 5.41) is 4.08. The second-order valence-corrected chi connectivity index (χ2v) is 10.2. The van der Waals surface area contributed by atoms with Crippen molar-refractivity contribution in [2.45, 2.75) is 109 Å². The van der Waals surface area contributed by atoms with Gasteiger partial charge in [-0.1, -0.05) is 33.6 Å². The Labute approximate surface area is 144 Å². The van der Waals surface area contributed by atoms with Crippen molar-refractivity contribution in [2.24, 2.45) is 29.1 Å². The van der Waals surface area contributed by atoms with Gasteiger partial charge in [-0.05, 0) is 93.3 Å². The molecule has 23 heavy (non-hydrogen) atoms. The molecule has 0 aromatic heterocycles. The fraction of sp³-hybridized carbons (Fsp3) is 1.00. The van der Waals surface area contributed by atoms with Crippen LogP contribution in [0, 0.1) is 29.1 Å². The quantitative estimate of drug-likeness (QED) is 0.665. The largest absolute Gasteiger partial charge is 0.308 e. The van der Waals surface area contributed by atoms with Gasteiger partial charge in [-0.3, -0.25) is 0 Å². The van der Waals surface area contributed by atoms with Gasteiger partial charge >= 0.3 is 0 Å². The van der Waals surface area contributed by atoms with Crippen molar-refractivity contribution in [3.8, 4) is 0 Å². The summed E-state index contributed by atoms with van der Waals surface area (Å²) in [6.07, 6.45) is 18.0. The summed E-state index contributed by atoms with van der Waals surface area (Å²) in [6.45, 7) is 7.53. The number of hydrogen-bond acceptors (Lipinski definition) is 1. The Kier molecular flexibility index (Phi) is 4.32. The van der Waals surface area contributed by atoms with Gasteiger partial charge in [0, 0.05) is 11.6 Å². The highest BCUT2D eigenvalue weighted by molar-refractivity contribution is 5.10. The molecule has 0 aromatic rings. The Bertz CT molecular complexity index is 412. The molecule has 3 atom stereocenters. The van der Waals surface area contributed by atoms with E-state index < -0.39 is 0 Å². The van der Waals surface area contributed by atoms with Crippen molar-refractivity contribution >= 4 is 0 Å². The zero-order valence-corrected chi connectivity index (χ0v) is 15.9. The van der Waals surface area contributed by atoms with E-state index in [4.69, 9.17) is 0 Å². The molecular formula is C22H39N. The van der Waals surface area contributed by atoms with Gasteiger partial charge in [-0.15, -0.1) is 0 Å². The molecule has 1 nitrogen and oxygen atoms in total. The van der Waals surface area contributed by atoms with Crippen molar-refractivity contribution in [1.82, 2.24) is 5.32 Å². The molecule has 4 aliphatic rings. The van der Waals surface area contributed by atoms with Crippen LogP contribution in [0.1, 0.15) is 97.8 Å². The van der Waals surface area contributed by atoms with Crippen LogP contribution in [0.4, 0.5) is 0 Å². The minimum atomic E-state index is 0.549. The fourth-order valence-corrected chi connectivity index (χ4v) is 6.96. The first-order valence-electron chi connectivity index (χ1n) is 10.8. The van der Waals surface area contributed by atoms with Gasteiger partial charge in [0.15, 0.2) is 0 Å². The van der Waals surface area contributed by atoms with Crippen LogP contribution < -0.4 is 5.32 Å². The zero-order valence-electron chi connectivity index (χ0n) is 15.9. The zero-order chi connectivity index (χ0) is 16.1. The van der Waals surface area contributed by atoms with Crippen LogP contribution in [0.15, 0.2) is 0 Å². The molecule has 3 aliphatic carbocycles. The molecule has 1 N–H and O–H groups in total. The lowest BCUT2D eigenvalue weighted by molar-refractivity contribution is -0.0144. The fourth-order valence-electron chi connectivity index (χ4n) is 6.96. The van der Waals surface area contributed by atoms with Crippen molar-refractivity contribution in [3.63, 3.8) is 0 Å². The highest BCUT2D eigenvalue weighted by atomic mass is 15.1. The lowest BCUT2D eigenvalue weighted by Crippen LogP contribution is -2.71. The molecule has 1 heteroatoms. The van der Waals surface area contributed by atoms with E-state index in [0.717, 1.165) is 35.1 Å². The van der Waals surface area contributed by atoms with E-state index in [0.29, 0.717) is 5.54 Å². The van der Waals surface area contributed by atoms with Gasteiger partial charge < -0.3 is 5.32 Å². The van der Waals surface area contributed by atoms with E-state index >= 15 is 0 Å². The maximum absolute atomic E-state index is 4.08. The third kappa shape index (κ3) is 2.79. The Morgan fingerprint density at radius 2 is 1.52 bits per heavy atom. The van der Waals surface area contributed by atoms with Crippen molar-refractivity contribution in [3.05, 3.63) is 0 Å². The normalized spacial score (nSPS) is 53.6. The first kappa shape index (κ1) is 16.4. The average molecular weight is 318 g/mol. The van der Waals surface area contributed by atoms with Crippen LogP contribution in [0.5, 0.6) is 0 Å². The molecule has 1 unspecified atom stereocenters. The van der Waals surface area contributed by atoms with Crippen LogP contribution in [-0.2, 0) is 0 Å². The van der Waals surface area contributed by atoms with Gasteiger partial charge in [0.25, 0.3) is 0 Å². The van der Waals surface area contributed by atoms with E-state index in [1.165, 1.54) is 57.8 Å². The summed E-state index contributed by atoms with van der Waals surface area (Å²) in [5.41, 5.74) is 1.32. The molecule has 2 spiro atoms. The van der Waals surface area contributed by atoms with Crippen LogP contribution in [-0.4, -0.2) is 11.6 Å². The molecule has 0 amide bonds. The van der Waals surface area contributed by atoms with Crippen LogP contribution in [0.3, 0.4) is 0 Å². The van der Waals surface area contributed by atoms with Gasteiger partial charge in [0.1, 0.15) is 0 Å². The second kappa shape index (κ2) is 6.04. The molecule has 1 heterocycles. The van der Waals surface area contributed by atoms with Crippen molar-refractivity contribution in [2.75, 3.05) is 0 Å². The Hall–Kier alpha value is -0.0400. The maximum Gasteiger partial charge on any atom is 0.0224 e. The van der Waals surface area contributed by atoms with E-state index in [-0.39, 0.29) is 0 Å². The first-order valence-corrected chi connectivity index (χ1v) is 10.8. The highest BCUT2D eigenvalue weighted by Gasteiger charge is 2.52. The minimum absolute atomic E-state index is 0.549. The van der Waals surface area contributed by atoms with Crippen molar-refractivity contribution < 1.29 is 0 Å². The molecule has 1 saturated heterocycles. The lowest BCUT2D eigenvalue weighted by atomic mass is 9.59.